The summed E-state index contributed by atoms with van der Waals surface area (Å²) in [6.45, 7) is 9.27. The third-order valence-corrected chi connectivity index (χ3v) is 1.17. The molecular weight excluding hydrogens is 233 g/mol. The van der Waals surface area contributed by atoms with Gasteiger partial charge in [0.25, 0.3) is 0 Å². The van der Waals surface area contributed by atoms with Crippen molar-refractivity contribution in [1.29, 1.82) is 5.26 Å². The lowest BCUT2D eigenvalue weighted by Gasteiger charge is -2.05. The second-order valence-electron chi connectivity index (χ2n) is 2.17. The Hall–Kier alpha value is -1.71. The monoisotopic (exact) mass is 248 g/mol. The van der Waals surface area contributed by atoms with Crippen LogP contribution < -0.4 is 0 Å². The number of alkyl halides is 3. The Morgan fingerprint density at radius 2 is 1.53 bits per heavy atom. The topological polar surface area (TPSA) is 62.5 Å². The Morgan fingerprint density at radius 3 is 1.88 bits per heavy atom. The van der Waals surface area contributed by atoms with Gasteiger partial charge in [-0.25, -0.2) is 4.98 Å². The Bertz CT molecular complexity index is 369. The Kier molecular flexibility index (Phi) is 8.78. The van der Waals surface area contributed by atoms with Crippen molar-refractivity contribution in [2.75, 3.05) is 0 Å². The molecule has 0 bridgehead atoms. The van der Waals surface area contributed by atoms with E-state index in [2.05, 4.69) is 15.2 Å². The van der Waals surface area contributed by atoms with Crippen molar-refractivity contribution < 1.29 is 13.2 Å². The minimum atomic E-state index is -4.66. The van der Waals surface area contributed by atoms with Crippen LogP contribution in [0.15, 0.2) is 0 Å². The van der Waals surface area contributed by atoms with Gasteiger partial charge in [0.05, 0.1) is 0 Å². The van der Waals surface area contributed by atoms with Gasteiger partial charge < -0.3 is 0 Å². The fourth-order valence-corrected chi connectivity index (χ4v) is 0.680. The van der Waals surface area contributed by atoms with Crippen molar-refractivity contribution >= 4 is 0 Å². The molecule has 4 nitrogen and oxygen atoms in total. The lowest BCUT2D eigenvalue weighted by molar-refractivity contribution is -0.141. The zero-order valence-electron chi connectivity index (χ0n) is 10.4. The van der Waals surface area contributed by atoms with E-state index in [1.54, 1.807) is 0 Å². The number of aryl methyl sites for hydroxylation is 1. The number of hydrogen-bond acceptors (Lipinski definition) is 4. The fraction of sp³-hybridized carbons (Fsp3) is 0.600. The molecule has 0 saturated heterocycles. The molecule has 96 valence electrons. The molecule has 1 aromatic heterocycles. The van der Waals surface area contributed by atoms with E-state index >= 15 is 0 Å². The summed E-state index contributed by atoms with van der Waals surface area (Å²) >= 11 is 0. The molecule has 0 aliphatic carbocycles. The zero-order valence-corrected chi connectivity index (χ0v) is 10.4. The lowest BCUT2D eigenvalue weighted by atomic mass is 10.3. The Labute approximate surface area is 98.5 Å². The minimum Gasteiger partial charge on any atom is -0.224 e. The highest BCUT2D eigenvalue weighted by Crippen LogP contribution is 2.28. The van der Waals surface area contributed by atoms with Crippen LogP contribution in [-0.2, 0) is 6.18 Å². The van der Waals surface area contributed by atoms with Gasteiger partial charge in [-0.3, -0.25) is 0 Å². The van der Waals surface area contributed by atoms with Gasteiger partial charge >= 0.3 is 6.18 Å². The van der Waals surface area contributed by atoms with E-state index in [0.29, 0.717) is 0 Å². The van der Waals surface area contributed by atoms with Crippen LogP contribution in [0.5, 0.6) is 0 Å². The maximum Gasteiger partial charge on any atom is 0.436 e. The SMILES string of the molecule is CC.CC.Cc1nnc(C#N)c(C(F)(F)F)n1. The molecular formula is C10H15F3N4. The predicted octanol–water partition coefficient (Wildman–Crippen LogP) is 3.12. The maximum atomic E-state index is 12.1. The normalized spacial score (nSPS) is 9.12. The summed E-state index contributed by atoms with van der Waals surface area (Å²) in [5.74, 6) is -0.119. The molecule has 0 atom stereocenters. The highest BCUT2D eigenvalue weighted by atomic mass is 19.4. The second kappa shape index (κ2) is 8.44. The first-order chi connectivity index (χ1) is 7.95. The highest BCUT2D eigenvalue weighted by molar-refractivity contribution is 5.26. The molecule has 17 heavy (non-hydrogen) atoms. The number of hydrogen-bond donors (Lipinski definition) is 0. The smallest absolute Gasteiger partial charge is 0.224 e. The van der Waals surface area contributed by atoms with Crippen LogP contribution in [0.25, 0.3) is 0 Å². The van der Waals surface area contributed by atoms with Crippen LogP contribution in [0.2, 0.25) is 0 Å². The molecule has 0 spiro atoms. The summed E-state index contributed by atoms with van der Waals surface area (Å²) in [4.78, 5) is 3.09. The molecule has 0 amide bonds. The van der Waals surface area contributed by atoms with Gasteiger partial charge in [-0.2, -0.15) is 18.4 Å². The van der Waals surface area contributed by atoms with Crippen molar-refractivity contribution in [2.24, 2.45) is 0 Å². The van der Waals surface area contributed by atoms with Crippen LogP contribution >= 0.6 is 0 Å². The van der Waals surface area contributed by atoms with Crippen molar-refractivity contribution in [1.82, 2.24) is 15.2 Å². The Morgan fingerprint density at radius 1 is 1.06 bits per heavy atom. The number of nitrogens with zero attached hydrogens (tertiary/aromatic N) is 4. The van der Waals surface area contributed by atoms with Crippen LogP contribution in [0.3, 0.4) is 0 Å². The summed E-state index contributed by atoms with van der Waals surface area (Å²) in [6.07, 6.45) is -4.66. The Balaban J connectivity index is 0. The maximum absolute atomic E-state index is 12.1. The molecule has 1 rings (SSSR count). The summed E-state index contributed by atoms with van der Waals surface area (Å²) in [5, 5.41) is 14.6. The summed E-state index contributed by atoms with van der Waals surface area (Å²) in [5.41, 5.74) is -2.10. The number of nitriles is 1. The standard InChI is InChI=1S/C6H3F3N4.2C2H6/c1-3-11-5(6(7,8)9)4(2-10)13-12-3;2*1-2/h1H3;2*1-2H3. The van der Waals surface area contributed by atoms with Gasteiger partial charge in [-0.1, -0.05) is 27.7 Å². The minimum absolute atomic E-state index is 0.119. The van der Waals surface area contributed by atoms with Gasteiger partial charge in [0, 0.05) is 0 Å². The summed E-state index contributed by atoms with van der Waals surface area (Å²) in [7, 11) is 0. The number of halogens is 3. The molecule has 0 N–H and O–H groups in total. The van der Waals surface area contributed by atoms with E-state index in [9.17, 15) is 13.2 Å². The van der Waals surface area contributed by atoms with Crippen molar-refractivity contribution in [2.45, 2.75) is 40.8 Å². The molecule has 0 fully saturated rings. The first-order valence-electron chi connectivity index (χ1n) is 5.13. The van der Waals surface area contributed by atoms with Crippen molar-refractivity contribution in [3.8, 4) is 6.07 Å². The van der Waals surface area contributed by atoms with Gasteiger partial charge in [0.1, 0.15) is 11.9 Å². The average Bonchev–Trinajstić information content (AvgIpc) is 2.33. The van der Waals surface area contributed by atoms with Gasteiger partial charge in [-0.05, 0) is 6.92 Å². The van der Waals surface area contributed by atoms with Crippen molar-refractivity contribution in [3.05, 3.63) is 17.2 Å². The molecule has 1 aromatic rings. The molecule has 0 radical (unpaired) electrons. The molecule has 0 aromatic carbocycles. The predicted molar refractivity (Wildman–Crippen MR) is 57.0 cm³/mol. The van der Waals surface area contributed by atoms with E-state index in [1.807, 2.05) is 27.7 Å². The highest BCUT2D eigenvalue weighted by Gasteiger charge is 2.37. The summed E-state index contributed by atoms with van der Waals surface area (Å²) in [6, 6.07) is 1.27. The first-order valence-corrected chi connectivity index (χ1v) is 5.13. The molecule has 0 saturated carbocycles. The number of rotatable bonds is 0. The van der Waals surface area contributed by atoms with Gasteiger partial charge in [0.2, 0.25) is 0 Å². The van der Waals surface area contributed by atoms with Crippen LogP contribution in [-0.4, -0.2) is 15.2 Å². The van der Waals surface area contributed by atoms with Crippen LogP contribution in [0.4, 0.5) is 13.2 Å². The second-order valence-corrected chi connectivity index (χ2v) is 2.17. The molecule has 7 heteroatoms. The van der Waals surface area contributed by atoms with Crippen LogP contribution in [0, 0.1) is 18.3 Å². The van der Waals surface area contributed by atoms with E-state index in [1.165, 1.54) is 13.0 Å². The molecule has 0 aliphatic heterocycles. The van der Waals surface area contributed by atoms with Gasteiger partial charge in [0.15, 0.2) is 11.4 Å². The largest absolute Gasteiger partial charge is 0.436 e. The van der Waals surface area contributed by atoms with Gasteiger partial charge in [-0.15, -0.1) is 10.2 Å². The van der Waals surface area contributed by atoms with E-state index in [4.69, 9.17) is 5.26 Å². The zero-order chi connectivity index (χ0) is 14.1. The average molecular weight is 248 g/mol. The molecule has 1 heterocycles. The lowest BCUT2D eigenvalue weighted by Crippen LogP contribution is -2.14. The van der Waals surface area contributed by atoms with Crippen molar-refractivity contribution in [3.63, 3.8) is 0 Å². The third kappa shape index (κ3) is 5.80. The fourth-order valence-electron chi connectivity index (χ4n) is 0.680. The third-order valence-electron chi connectivity index (χ3n) is 1.17. The quantitative estimate of drug-likeness (QED) is 0.707. The molecule has 0 unspecified atom stereocenters. The number of aromatic nitrogens is 3. The first kappa shape index (κ1) is 17.7. The summed E-state index contributed by atoms with van der Waals surface area (Å²) < 4.78 is 36.4. The van der Waals surface area contributed by atoms with Crippen LogP contribution in [0.1, 0.15) is 44.9 Å². The van der Waals surface area contributed by atoms with E-state index in [0.717, 1.165) is 0 Å². The van der Waals surface area contributed by atoms with E-state index in [-0.39, 0.29) is 5.82 Å². The molecule has 0 aliphatic rings. The van der Waals surface area contributed by atoms with E-state index < -0.39 is 17.6 Å².